The summed E-state index contributed by atoms with van der Waals surface area (Å²) in [6.45, 7) is 9.73. The average molecular weight is 424 g/mol. The molecule has 0 spiro atoms. The van der Waals surface area contributed by atoms with Crippen molar-refractivity contribution in [2.45, 2.75) is 39.2 Å². The minimum atomic E-state index is -0.230. The van der Waals surface area contributed by atoms with Crippen molar-refractivity contribution in [3.63, 3.8) is 0 Å². The number of nitrogens with zero attached hydrogens (tertiary/aromatic N) is 4. The van der Waals surface area contributed by atoms with Crippen molar-refractivity contribution in [3.8, 4) is 16.9 Å². The van der Waals surface area contributed by atoms with E-state index in [0.717, 1.165) is 41.2 Å². The van der Waals surface area contributed by atoms with Crippen molar-refractivity contribution in [1.82, 2.24) is 19.7 Å². The van der Waals surface area contributed by atoms with Gasteiger partial charge in [-0.15, -0.1) is 5.10 Å². The van der Waals surface area contributed by atoms with Crippen LogP contribution in [0.1, 0.15) is 42.2 Å². The van der Waals surface area contributed by atoms with Crippen LogP contribution < -0.4 is 5.73 Å². The number of aromatic nitrogens is 4. The number of hydrogen-bond acceptors (Lipinski definition) is 4. The van der Waals surface area contributed by atoms with Crippen LogP contribution in [0.4, 0.5) is 0 Å². The SMILES string of the molecule is C=Cc1nc(C)n(-c2ccc(Cc3ccc(-c4ccc(CC(C)(C)N)cn4)cc3)cc2)n1. The summed E-state index contributed by atoms with van der Waals surface area (Å²) >= 11 is 0. The first-order chi connectivity index (χ1) is 15.3. The van der Waals surface area contributed by atoms with Crippen LogP contribution in [-0.2, 0) is 12.8 Å². The lowest BCUT2D eigenvalue weighted by Gasteiger charge is -2.18. The molecule has 162 valence electrons. The zero-order chi connectivity index (χ0) is 22.7. The molecule has 0 radical (unpaired) electrons. The summed E-state index contributed by atoms with van der Waals surface area (Å²) in [6, 6.07) is 21.2. The van der Waals surface area contributed by atoms with Gasteiger partial charge in [0.1, 0.15) is 5.82 Å². The van der Waals surface area contributed by atoms with E-state index in [0.29, 0.717) is 5.82 Å². The van der Waals surface area contributed by atoms with Crippen LogP contribution in [0.15, 0.2) is 73.4 Å². The fourth-order valence-corrected chi connectivity index (χ4v) is 3.75. The molecule has 0 saturated carbocycles. The Balaban J connectivity index is 1.43. The Morgan fingerprint density at radius 3 is 2.09 bits per heavy atom. The first-order valence-corrected chi connectivity index (χ1v) is 10.8. The van der Waals surface area contributed by atoms with Gasteiger partial charge in [0.05, 0.1) is 11.4 Å². The van der Waals surface area contributed by atoms with Gasteiger partial charge in [0.15, 0.2) is 5.82 Å². The predicted molar refractivity (Wildman–Crippen MR) is 131 cm³/mol. The Morgan fingerprint density at radius 2 is 1.56 bits per heavy atom. The Kier molecular flexibility index (Phi) is 6.01. The van der Waals surface area contributed by atoms with Crippen molar-refractivity contribution in [2.75, 3.05) is 0 Å². The molecule has 0 unspecified atom stereocenters. The Labute approximate surface area is 189 Å². The molecule has 4 aromatic rings. The van der Waals surface area contributed by atoms with Gasteiger partial charge in [-0.25, -0.2) is 9.67 Å². The van der Waals surface area contributed by atoms with E-state index in [1.165, 1.54) is 11.1 Å². The van der Waals surface area contributed by atoms with Crippen LogP contribution in [0.3, 0.4) is 0 Å². The first-order valence-electron chi connectivity index (χ1n) is 10.8. The van der Waals surface area contributed by atoms with E-state index in [9.17, 15) is 0 Å². The zero-order valence-corrected chi connectivity index (χ0v) is 18.9. The molecule has 0 bridgehead atoms. The Hall–Kier alpha value is -3.57. The van der Waals surface area contributed by atoms with E-state index < -0.39 is 0 Å². The minimum absolute atomic E-state index is 0.230. The minimum Gasteiger partial charge on any atom is -0.325 e. The Morgan fingerprint density at radius 1 is 0.938 bits per heavy atom. The smallest absolute Gasteiger partial charge is 0.174 e. The highest BCUT2D eigenvalue weighted by atomic mass is 15.3. The number of rotatable bonds is 7. The molecule has 5 heteroatoms. The predicted octanol–water partition coefficient (Wildman–Crippen LogP) is 5.15. The summed E-state index contributed by atoms with van der Waals surface area (Å²) in [6.07, 6.45) is 5.26. The highest BCUT2D eigenvalue weighted by Crippen LogP contribution is 2.21. The number of hydrogen-bond donors (Lipinski definition) is 1. The normalized spacial score (nSPS) is 11.5. The third kappa shape index (κ3) is 5.18. The number of benzene rings is 2. The van der Waals surface area contributed by atoms with Crippen molar-refractivity contribution in [3.05, 3.63) is 102 Å². The van der Waals surface area contributed by atoms with Gasteiger partial charge in [-0.2, -0.15) is 0 Å². The molecule has 5 nitrogen and oxygen atoms in total. The van der Waals surface area contributed by atoms with E-state index in [2.05, 4.69) is 82.3 Å². The van der Waals surface area contributed by atoms with E-state index >= 15 is 0 Å². The second-order valence-corrected chi connectivity index (χ2v) is 8.89. The van der Waals surface area contributed by atoms with Gasteiger partial charge in [-0.3, -0.25) is 4.98 Å². The third-order valence-electron chi connectivity index (χ3n) is 5.29. The molecule has 2 N–H and O–H groups in total. The summed E-state index contributed by atoms with van der Waals surface area (Å²) < 4.78 is 1.84. The van der Waals surface area contributed by atoms with Gasteiger partial charge in [0.2, 0.25) is 0 Å². The van der Waals surface area contributed by atoms with E-state index in [4.69, 9.17) is 5.73 Å². The van der Waals surface area contributed by atoms with Crippen LogP contribution in [0.25, 0.3) is 23.0 Å². The van der Waals surface area contributed by atoms with E-state index in [1.54, 1.807) is 6.08 Å². The molecule has 0 amide bonds. The van der Waals surface area contributed by atoms with E-state index in [1.807, 2.05) is 31.6 Å². The number of aryl methyl sites for hydroxylation is 1. The van der Waals surface area contributed by atoms with Crippen LogP contribution in [0, 0.1) is 6.92 Å². The molecule has 0 atom stereocenters. The first kappa shape index (κ1) is 21.7. The number of pyridine rings is 1. The third-order valence-corrected chi connectivity index (χ3v) is 5.29. The molecule has 0 aliphatic heterocycles. The molecule has 4 rings (SSSR count). The maximum absolute atomic E-state index is 6.11. The van der Waals surface area contributed by atoms with Crippen molar-refractivity contribution in [1.29, 1.82) is 0 Å². The summed E-state index contributed by atoms with van der Waals surface area (Å²) in [5.74, 6) is 1.48. The van der Waals surface area contributed by atoms with Gasteiger partial charge in [0, 0.05) is 17.3 Å². The maximum Gasteiger partial charge on any atom is 0.174 e. The highest BCUT2D eigenvalue weighted by molar-refractivity contribution is 5.59. The molecule has 2 heterocycles. The van der Waals surface area contributed by atoms with Crippen LogP contribution in [0.2, 0.25) is 0 Å². The lowest BCUT2D eigenvalue weighted by Crippen LogP contribution is -2.34. The van der Waals surface area contributed by atoms with Gasteiger partial charge < -0.3 is 5.73 Å². The maximum atomic E-state index is 6.11. The fourth-order valence-electron chi connectivity index (χ4n) is 3.75. The highest BCUT2D eigenvalue weighted by Gasteiger charge is 2.12. The fraction of sp³-hybridized carbons (Fsp3) is 0.222. The van der Waals surface area contributed by atoms with Gasteiger partial charge >= 0.3 is 0 Å². The van der Waals surface area contributed by atoms with Crippen LogP contribution in [0.5, 0.6) is 0 Å². The standard InChI is InChI=1S/C27H29N5/c1-5-26-30-19(2)32(31-26)24-13-8-21(9-14-24)16-20-6-11-23(12-7-20)25-15-10-22(18-29-25)17-27(3,4)28/h5-15,18H,1,16-17,28H2,2-4H3. The van der Waals surface area contributed by atoms with Crippen molar-refractivity contribution >= 4 is 6.08 Å². The lowest BCUT2D eigenvalue weighted by molar-refractivity contribution is 0.516. The largest absolute Gasteiger partial charge is 0.325 e. The molecule has 2 aromatic heterocycles. The molecular weight excluding hydrogens is 394 g/mol. The topological polar surface area (TPSA) is 69.6 Å². The second-order valence-electron chi connectivity index (χ2n) is 8.89. The average Bonchev–Trinajstić information content (AvgIpc) is 3.15. The quantitative estimate of drug-likeness (QED) is 0.446. The van der Waals surface area contributed by atoms with Crippen molar-refractivity contribution < 1.29 is 0 Å². The summed E-state index contributed by atoms with van der Waals surface area (Å²) in [4.78, 5) is 9.00. The summed E-state index contributed by atoms with van der Waals surface area (Å²) in [7, 11) is 0. The number of nitrogens with two attached hydrogens (primary N) is 1. The molecule has 0 aliphatic rings. The van der Waals surface area contributed by atoms with Gasteiger partial charge in [0.25, 0.3) is 0 Å². The van der Waals surface area contributed by atoms with Crippen LogP contribution >= 0.6 is 0 Å². The van der Waals surface area contributed by atoms with E-state index in [-0.39, 0.29) is 5.54 Å². The molecule has 32 heavy (non-hydrogen) atoms. The lowest BCUT2D eigenvalue weighted by atomic mass is 9.97. The molecule has 0 aliphatic carbocycles. The molecule has 2 aromatic carbocycles. The Bertz CT molecular complexity index is 1200. The molecule has 0 saturated heterocycles. The monoisotopic (exact) mass is 423 g/mol. The van der Waals surface area contributed by atoms with Crippen LogP contribution in [-0.4, -0.2) is 25.3 Å². The molecular formula is C27H29N5. The summed E-state index contributed by atoms with van der Waals surface area (Å²) in [5.41, 5.74) is 12.6. The van der Waals surface area contributed by atoms with Crippen molar-refractivity contribution in [2.24, 2.45) is 5.73 Å². The second kappa shape index (κ2) is 8.89. The van der Waals surface area contributed by atoms with Gasteiger partial charge in [-0.1, -0.05) is 49.0 Å². The zero-order valence-electron chi connectivity index (χ0n) is 18.9. The van der Waals surface area contributed by atoms with Gasteiger partial charge in [-0.05, 0) is 74.6 Å². The molecule has 0 fully saturated rings. The summed E-state index contributed by atoms with van der Waals surface area (Å²) in [5, 5.41) is 4.45.